The number of hydrogen-bond donors (Lipinski definition) is 2. The summed E-state index contributed by atoms with van der Waals surface area (Å²) in [5.41, 5.74) is 2.40. The molecule has 2 rings (SSSR count). The van der Waals surface area contributed by atoms with Gasteiger partial charge >= 0.3 is 0 Å². The normalized spacial score (nSPS) is 19.0. The molecular weight excluding hydrogens is 278 g/mol. The Morgan fingerprint density at radius 2 is 2.05 bits per heavy atom. The number of likely N-dealkylation sites (N-methyl/N-ethyl adjacent to an activating group) is 1. The number of rotatable bonds is 5. The van der Waals surface area contributed by atoms with Gasteiger partial charge in [-0.2, -0.15) is 0 Å². The van der Waals surface area contributed by atoms with Crippen molar-refractivity contribution in [3.05, 3.63) is 29.8 Å². The zero-order valence-corrected chi connectivity index (χ0v) is 14.2. The Morgan fingerprint density at radius 3 is 2.67 bits per heavy atom. The second-order valence-electron chi connectivity index (χ2n) is 6.04. The van der Waals surface area contributed by atoms with E-state index in [4.69, 9.17) is 12.2 Å². The van der Waals surface area contributed by atoms with Crippen LogP contribution in [-0.4, -0.2) is 35.7 Å². The number of nitrogens with zero attached hydrogens (tertiary/aromatic N) is 1. The quantitative estimate of drug-likeness (QED) is 0.813. The number of anilines is 1. The first kappa shape index (κ1) is 16.2. The van der Waals surface area contributed by atoms with Gasteiger partial charge in [-0.15, -0.1) is 0 Å². The third kappa shape index (κ3) is 4.68. The maximum Gasteiger partial charge on any atom is 0.170 e. The summed E-state index contributed by atoms with van der Waals surface area (Å²) in [6.07, 6.45) is 2.57. The molecule has 1 aliphatic rings. The molecule has 1 aromatic carbocycles. The molecule has 0 bridgehead atoms. The maximum atomic E-state index is 5.39. The van der Waals surface area contributed by atoms with Gasteiger partial charge in [0.25, 0.3) is 0 Å². The Bertz CT molecular complexity index is 456. The Morgan fingerprint density at radius 1 is 1.33 bits per heavy atom. The van der Waals surface area contributed by atoms with E-state index in [2.05, 4.69) is 60.6 Å². The van der Waals surface area contributed by atoms with Gasteiger partial charge in [0, 0.05) is 18.3 Å². The molecule has 0 amide bonds. The Labute approximate surface area is 134 Å². The minimum Gasteiger partial charge on any atom is -0.361 e. The highest BCUT2D eigenvalue weighted by Crippen LogP contribution is 2.17. The van der Waals surface area contributed by atoms with Gasteiger partial charge in [0.05, 0.1) is 0 Å². The van der Waals surface area contributed by atoms with Gasteiger partial charge in [0.2, 0.25) is 0 Å². The summed E-state index contributed by atoms with van der Waals surface area (Å²) < 4.78 is 0. The van der Waals surface area contributed by atoms with Crippen LogP contribution in [0.2, 0.25) is 0 Å². The first-order valence-corrected chi connectivity index (χ1v) is 8.39. The van der Waals surface area contributed by atoms with Gasteiger partial charge < -0.3 is 10.6 Å². The summed E-state index contributed by atoms with van der Waals surface area (Å²) >= 11 is 5.39. The van der Waals surface area contributed by atoms with Crippen molar-refractivity contribution in [2.75, 3.05) is 25.0 Å². The molecule has 0 spiro atoms. The lowest BCUT2D eigenvalue weighted by molar-refractivity contribution is 0.267. The Kier molecular flexibility index (Phi) is 6.00. The monoisotopic (exact) mass is 305 g/mol. The van der Waals surface area contributed by atoms with Crippen molar-refractivity contribution in [1.82, 2.24) is 10.2 Å². The molecule has 1 atom stereocenters. The van der Waals surface area contributed by atoms with Crippen LogP contribution in [-0.2, 0) is 0 Å². The smallest absolute Gasteiger partial charge is 0.170 e. The van der Waals surface area contributed by atoms with Crippen LogP contribution in [0.25, 0.3) is 0 Å². The average molecular weight is 305 g/mol. The number of nitrogens with one attached hydrogen (secondary N) is 2. The standard InChI is InChI=1S/C17H27N3S/c1-4-20-11-5-6-16(20)12-18-17(21)19-15-9-7-14(8-10-15)13(2)3/h7-10,13,16H,4-6,11-12H2,1-3H3,(H2,18,19,21)/t16-/m0/s1. The molecular formula is C17H27N3S. The maximum absolute atomic E-state index is 5.39. The molecule has 0 radical (unpaired) electrons. The van der Waals surface area contributed by atoms with Crippen molar-refractivity contribution in [2.24, 2.45) is 0 Å². The lowest BCUT2D eigenvalue weighted by Gasteiger charge is -2.23. The van der Waals surface area contributed by atoms with Crippen molar-refractivity contribution in [3.8, 4) is 0 Å². The van der Waals surface area contributed by atoms with Gasteiger partial charge in [0.1, 0.15) is 0 Å². The van der Waals surface area contributed by atoms with E-state index in [1.54, 1.807) is 0 Å². The van der Waals surface area contributed by atoms with Gasteiger partial charge in [0.15, 0.2) is 5.11 Å². The zero-order valence-electron chi connectivity index (χ0n) is 13.4. The van der Waals surface area contributed by atoms with Gasteiger partial charge in [-0.3, -0.25) is 4.90 Å². The highest BCUT2D eigenvalue weighted by molar-refractivity contribution is 7.80. The van der Waals surface area contributed by atoms with E-state index in [1.807, 2.05) is 0 Å². The molecule has 1 aliphatic heterocycles. The van der Waals surface area contributed by atoms with E-state index in [0.717, 1.165) is 23.9 Å². The molecule has 0 unspecified atom stereocenters. The molecule has 0 aromatic heterocycles. The number of thiocarbonyl (C=S) groups is 1. The van der Waals surface area contributed by atoms with Crippen molar-refractivity contribution in [3.63, 3.8) is 0 Å². The average Bonchev–Trinajstić information content (AvgIpc) is 2.93. The second-order valence-corrected chi connectivity index (χ2v) is 6.44. The van der Waals surface area contributed by atoms with Crippen LogP contribution >= 0.6 is 12.2 Å². The van der Waals surface area contributed by atoms with Crippen molar-refractivity contribution >= 4 is 23.0 Å². The number of hydrogen-bond acceptors (Lipinski definition) is 2. The molecule has 1 heterocycles. The Hall–Kier alpha value is -1.13. The molecule has 1 fully saturated rings. The SMILES string of the molecule is CCN1CCC[C@H]1CNC(=S)Nc1ccc(C(C)C)cc1. The third-order valence-corrected chi connectivity index (χ3v) is 4.49. The van der Waals surface area contributed by atoms with Crippen LogP contribution in [0.4, 0.5) is 5.69 Å². The summed E-state index contributed by atoms with van der Waals surface area (Å²) in [6.45, 7) is 9.92. The predicted octanol–water partition coefficient (Wildman–Crippen LogP) is 3.58. The molecule has 2 N–H and O–H groups in total. The summed E-state index contributed by atoms with van der Waals surface area (Å²) in [6, 6.07) is 9.13. The number of benzene rings is 1. The first-order valence-electron chi connectivity index (χ1n) is 7.99. The van der Waals surface area contributed by atoms with Gasteiger partial charge in [-0.25, -0.2) is 0 Å². The molecule has 4 heteroatoms. The fourth-order valence-corrected chi connectivity index (χ4v) is 3.08. The van der Waals surface area contributed by atoms with Crippen LogP contribution in [0.5, 0.6) is 0 Å². The minimum atomic E-state index is 0.562. The molecule has 3 nitrogen and oxygen atoms in total. The highest BCUT2D eigenvalue weighted by atomic mass is 32.1. The first-order chi connectivity index (χ1) is 10.1. The van der Waals surface area contributed by atoms with E-state index >= 15 is 0 Å². The molecule has 1 saturated heterocycles. The third-order valence-electron chi connectivity index (χ3n) is 4.24. The summed E-state index contributed by atoms with van der Waals surface area (Å²) in [4.78, 5) is 2.52. The molecule has 0 aliphatic carbocycles. The van der Waals surface area contributed by atoms with Crippen molar-refractivity contribution in [2.45, 2.75) is 45.6 Å². The van der Waals surface area contributed by atoms with E-state index in [0.29, 0.717) is 12.0 Å². The van der Waals surface area contributed by atoms with Crippen LogP contribution < -0.4 is 10.6 Å². The van der Waals surface area contributed by atoms with Crippen molar-refractivity contribution < 1.29 is 0 Å². The minimum absolute atomic E-state index is 0.562. The fraction of sp³-hybridized carbons (Fsp3) is 0.588. The lowest BCUT2D eigenvalue weighted by atomic mass is 10.0. The lowest BCUT2D eigenvalue weighted by Crippen LogP contribution is -2.41. The van der Waals surface area contributed by atoms with E-state index in [-0.39, 0.29) is 0 Å². The topological polar surface area (TPSA) is 27.3 Å². The summed E-state index contributed by atoms with van der Waals surface area (Å²) in [7, 11) is 0. The van der Waals surface area contributed by atoms with Crippen molar-refractivity contribution in [1.29, 1.82) is 0 Å². The molecule has 1 aromatic rings. The highest BCUT2D eigenvalue weighted by Gasteiger charge is 2.22. The summed E-state index contributed by atoms with van der Waals surface area (Å²) in [5, 5.41) is 7.34. The van der Waals surface area contributed by atoms with Gasteiger partial charge in [-0.05, 0) is 61.8 Å². The molecule has 116 valence electrons. The van der Waals surface area contributed by atoms with Crippen LogP contribution in [0.15, 0.2) is 24.3 Å². The largest absolute Gasteiger partial charge is 0.361 e. The van der Waals surface area contributed by atoms with E-state index in [9.17, 15) is 0 Å². The molecule has 21 heavy (non-hydrogen) atoms. The predicted molar refractivity (Wildman–Crippen MR) is 95.0 cm³/mol. The van der Waals surface area contributed by atoms with Gasteiger partial charge in [-0.1, -0.05) is 32.9 Å². The fourth-order valence-electron chi connectivity index (χ4n) is 2.88. The second kappa shape index (κ2) is 7.76. The van der Waals surface area contributed by atoms with Crippen LogP contribution in [0, 0.1) is 0 Å². The van der Waals surface area contributed by atoms with E-state index in [1.165, 1.54) is 24.9 Å². The Balaban J connectivity index is 1.79. The van der Waals surface area contributed by atoms with Crippen LogP contribution in [0.3, 0.4) is 0 Å². The van der Waals surface area contributed by atoms with Crippen LogP contribution in [0.1, 0.15) is 45.1 Å². The van der Waals surface area contributed by atoms with E-state index < -0.39 is 0 Å². The number of likely N-dealkylation sites (tertiary alicyclic amines) is 1. The molecule has 0 saturated carbocycles. The zero-order chi connectivity index (χ0) is 15.2. The summed E-state index contributed by atoms with van der Waals surface area (Å²) in [5.74, 6) is 0.562.